The molecule has 2 N–H and O–H groups in total. The van der Waals surface area contributed by atoms with E-state index in [1.54, 1.807) is 6.07 Å². The first-order chi connectivity index (χ1) is 11.1. The highest BCUT2D eigenvalue weighted by molar-refractivity contribution is 6.30. The Labute approximate surface area is 140 Å². The number of nitrogens with one attached hydrogen (secondary N) is 1. The monoisotopic (exact) mass is 331 g/mol. The normalized spacial score (nSPS) is 19.6. The van der Waals surface area contributed by atoms with E-state index < -0.39 is 12.1 Å². The minimum absolute atomic E-state index is 0.106. The maximum absolute atomic E-state index is 12.2. The van der Waals surface area contributed by atoms with E-state index in [4.69, 9.17) is 16.3 Å². The minimum Gasteiger partial charge on any atom is -0.490 e. The second-order valence-corrected chi connectivity index (χ2v) is 6.03. The standard InChI is InChI=1S/C18H18ClNO3/c19-13-5-3-4-12(10-13)8-9-17(22)20-18-14-6-1-2-7-16(14)23-11-15(18)21/h1-7,10,15,18,21H,8-9,11H2,(H,20,22)/t15-,18+/m1/s1. The van der Waals surface area contributed by atoms with E-state index >= 15 is 0 Å². The van der Waals surface area contributed by atoms with Crippen molar-refractivity contribution in [3.05, 3.63) is 64.7 Å². The van der Waals surface area contributed by atoms with Crippen LogP contribution < -0.4 is 10.1 Å². The lowest BCUT2D eigenvalue weighted by Crippen LogP contribution is -2.42. The van der Waals surface area contributed by atoms with Gasteiger partial charge in [0, 0.05) is 17.0 Å². The molecule has 0 unspecified atom stereocenters. The third kappa shape index (κ3) is 3.84. The zero-order chi connectivity index (χ0) is 16.2. The summed E-state index contributed by atoms with van der Waals surface area (Å²) >= 11 is 5.94. The molecule has 2 aromatic rings. The zero-order valence-electron chi connectivity index (χ0n) is 12.5. The molecule has 1 heterocycles. The Morgan fingerprint density at radius 1 is 1.26 bits per heavy atom. The average Bonchev–Trinajstić information content (AvgIpc) is 2.56. The second kappa shape index (κ2) is 7.02. The van der Waals surface area contributed by atoms with Crippen molar-refractivity contribution in [3.8, 4) is 5.75 Å². The molecule has 120 valence electrons. The van der Waals surface area contributed by atoms with Gasteiger partial charge in [-0.2, -0.15) is 0 Å². The van der Waals surface area contributed by atoms with Gasteiger partial charge in [-0.1, -0.05) is 41.9 Å². The Kier molecular flexibility index (Phi) is 4.84. The zero-order valence-corrected chi connectivity index (χ0v) is 13.3. The van der Waals surface area contributed by atoms with Crippen LogP contribution in [-0.2, 0) is 11.2 Å². The Morgan fingerprint density at radius 2 is 2.09 bits per heavy atom. The maximum Gasteiger partial charge on any atom is 0.220 e. The van der Waals surface area contributed by atoms with Crippen LogP contribution in [0.15, 0.2) is 48.5 Å². The van der Waals surface area contributed by atoms with Crippen LogP contribution in [0, 0.1) is 0 Å². The van der Waals surface area contributed by atoms with E-state index in [9.17, 15) is 9.90 Å². The van der Waals surface area contributed by atoms with Gasteiger partial charge in [-0.05, 0) is 30.2 Å². The molecule has 0 saturated heterocycles. The number of aliphatic hydroxyl groups is 1. The molecule has 3 rings (SSSR count). The summed E-state index contributed by atoms with van der Waals surface area (Å²) in [6, 6.07) is 14.5. The van der Waals surface area contributed by atoms with Crippen molar-refractivity contribution in [3.63, 3.8) is 0 Å². The third-order valence-electron chi connectivity index (χ3n) is 3.89. The maximum atomic E-state index is 12.2. The number of para-hydroxylation sites is 1. The summed E-state index contributed by atoms with van der Waals surface area (Å²) in [6.07, 6.45) is 0.194. The minimum atomic E-state index is -0.750. The molecule has 1 amide bonds. The molecule has 0 spiro atoms. The first-order valence-electron chi connectivity index (χ1n) is 7.57. The second-order valence-electron chi connectivity index (χ2n) is 5.59. The Balaban J connectivity index is 1.63. The number of hydrogen-bond donors (Lipinski definition) is 2. The largest absolute Gasteiger partial charge is 0.490 e. The lowest BCUT2D eigenvalue weighted by Gasteiger charge is -2.31. The fourth-order valence-electron chi connectivity index (χ4n) is 2.72. The number of ether oxygens (including phenoxy) is 1. The summed E-state index contributed by atoms with van der Waals surface area (Å²) < 4.78 is 5.47. The first-order valence-corrected chi connectivity index (χ1v) is 7.95. The molecular formula is C18H18ClNO3. The van der Waals surface area contributed by atoms with E-state index in [0.29, 0.717) is 23.6 Å². The quantitative estimate of drug-likeness (QED) is 0.905. The summed E-state index contributed by atoms with van der Waals surface area (Å²) in [5.41, 5.74) is 1.82. The van der Waals surface area contributed by atoms with Gasteiger partial charge >= 0.3 is 0 Å². The van der Waals surface area contributed by atoms with E-state index in [-0.39, 0.29) is 12.5 Å². The summed E-state index contributed by atoms with van der Waals surface area (Å²) in [7, 11) is 0. The van der Waals surface area contributed by atoms with Gasteiger partial charge in [0.05, 0.1) is 6.04 Å². The van der Waals surface area contributed by atoms with Crippen LogP contribution in [0.3, 0.4) is 0 Å². The Bertz CT molecular complexity index is 704. The van der Waals surface area contributed by atoms with Gasteiger partial charge < -0.3 is 15.2 Å². The van der Waals surface area contributed by atoms with Crippen molar-refractivity contribution in [1.82, 2.24) is 5.32 Å². The number of aliphatic hydroxyl groups excluding tert-OH is 1. The van der Waals surface area contributed by atoms with Crippen LogP contribution >= 0.6 is 11.6 Å². The van der Waals surface area contributed by atoms with Crippen molar-refractivity contribution < 1.29 is 14.6 Å². The summed E-state index contributed by atoms with van der Waals surface area (Å²) in [5.74, 6) is 0.601. The molecule has 1 aliphatic heterocycles. The lowest BCUT2D eigenvalue weighted by molar-refractivity contribution is -0.123. The highest BCUT2D eigenvalue weighted by Gasteiger charge is 2.30. The molecular weight excluding hydrogens is 314 g/mol. The van der Waals surface area contributed by atoms with Crippen molar-refractivity contribution in [2.45, 2.75) is 25.0 Å². The van der Waals surface area contributed by atoms with Crippen molar-refractivity contribution in [1.29, 1.82) is 0 Å². The topological polar surface area (TPSA) is 58.6 Å². The highest BCUT2D eigenvalue weighted by Crippen LogP contribution is 2.31. The van der Waals surface area contributed by atoms with Gasteiger partial charge in [0.25, 0.3) is 0 Å². The van der Waals surface area contributed by atoms with Crippen LogP contribution in [0.25, 0.3) is 0 Å². The van der Waals surface area contributed by atoms with Crippen molar-refractivity contribution >= 4 is 17.5 Å². The molecule has 0 aliphatic carbocycles. The predicted molar refractivity (Wildman–Crippen MR) is 88.6 cm³/mol. The molecule has 23 heavy (non-hydrogen) atoms. The lowest BCUT2D eigenvalue weighted by atomic mass is 9.98. The van der Waals surface area contributed by atoms with E-state index in [1.165, 1.54) is 0 Å². The molecule has 0 fully saturated rings. The number of hydrogen-bond acceptors (Lipinski definition) is 3. The van der Waals surface area contributed by atoms with Crippen LogP contribution in [0.4, 0.5) is 0 Å². The van der Waals surface area contributed by atoms with Gasteiger partial charge in [0.2, 0.25) is 5.91 Å². The number of amides is 1. The van der Waals surface area contributed by atoms with Crippen LogP contribution in [-0.4, -0.2) is 23.7 Å². The first kappa shape index (κ1) is 15.8. The van der Waals surface area contributed by atoms with E-state index in [1.807, 2.05) is 42.5 Å². The number of benzene rings is 2. The highest BCUT2D eigenvalue weighted by atomic mass is 35.5. The van der Waals surface area contributed by atoms with Crippen LogP contribution in [0.2, 0.25) is 5.02 Å². The molecule has 0 bridgehead atoms. The summed E-state index contributed by atoms with van der Waals surface area (Å²) in [6.45, 7) is 0.177. The van der Waals surface area contributed by atoms with E-state index in [2.05, 4.69) is 5.32 Å². The van der Waals surface area contributed by atoms with E-state index in [0.717, 1.165) is 11.1 Å². The molecule has 2 atom stereocenters. The van der Waals surface area contributed by atoms with Gasteiger partial charge in [-0.25, -0.2) is 0 Å². The van der Waals surface area contributed by atoms with Crippen molar-refractivity contribution in [2.75, 3.05) is 6.61 Å². The SMILES string of the molecule is O=C(CCc1cccc(Cl)c1)N[C@H]1c2ccccc2OC[C@H]1O. The number of rotatable bonds is 4. The van der Waals surface area contributed by atoms with Gasteiger partial charge in [-0.15, -0.1) is 0 Å². The number of fused-ring (bicyclic) bond motifs is 1. The van der Waals surface area contributed by atoms with Gasteiger partial charge in [0.1, 0.15) is 18.5 Å². The molecule has 0 radical (unpaired) electrons. The smallest absolute Gasteiger partial charge is 0.220 e. The summed E-state index contributed by atoms with van der Waals surface area (Å²) in [4.78, 5) is 12.2. The Hall–Kier alpha value is -2.04. The van der Waals surface area contributed by atoms with Crippen LogP contribution in [0.5, 0.6) is 5.75 Å². The summed E-state index contributed by atoms with van der Waals surface area (Å²) in [5, 5.41) is 13.7. The predicted octanol–water partition coefficient (Wildman–Crippen LogP) is 2.88. The number of carbonyl (C=O) groups excluding carboxylic acids is 1. The molecule has 0 aromatic heterocycles. The average molecular weight is 332 g/mol. The third-order valence-corrected chi connectivity index (χ3v) is 4.13. The number of aryl methyl sites for hydroxylation is 1. The molecule has 4 nitrogen and oxygen atoms in total. The Morgan fingerprint density at radius 3 is 2.91 bits per heavy atom. The van der Waals surface area contributed by atoms with Gasteiger partial charge in [-0.3, -0.25) is 4.79 Å². The molecule has 2 aromatic carbocycles. The van der Waals surface area contributed by atoms with Crippen molar-refractivity contribution in [2.24, 2.45) is 0 Å². The van der Waals surface area contributed by atoms with Gasteiger partial charge in [0.15, 0.2) is 0 Å². The fraction of sp³-hybridized carbons (Fsp3) is 0.278. The molecule has 5 heteroatoms. The fourth-order valence-corrected chi connectivity index (χ4v) is 2.93. The number of halogens is 1. The number of carbonyl (C=O) groups is 1. The molecule has 1 aliphatic rings. The molecule has 0 saturated carbocycles. The van der Waals surface area contributed by atoms with Crippen LogP contribution in [0.1, 0.15) is 23.6 Å².